The molecule has 1 unspecified atom stereocenters. The maximum atomic E-state index is 12.3. The van der Waals surface area contributed by atoms with Gasteiger partial charge in [-0.3, -0.25) is 19.8 Å². The van der Waals surface area contributed by atoms with Gasteiger partial charge in [0.1, 0.15) is 0 Å². The van der Waals surface area contributed by atoms with E-state index in [1.54, 1.807) is 19.1 Å². The van der Waals surface area contributed by atoms with Crippen LogP contribution in [-0.2, 0) is 4.79 Å². The van der Waals surface area contributed by atoms with Gasteiger partial charge in [0.15, 0.2) is 0 Å². The Morgan fingerprint density at radius 1 is 1.07 bits per heavy atom. The second-order valence-corrected chi connectivity index (χ2v) is 7.42. The van der Waals surface area contributed by atoms with Crippen molar-refractivity contribution < 1.29 is 14.4 Å². The number of rotatable bonds is 6. The fraction of sp³-hybridized carbons (Fsp3) is 0.550. The molecule has 1 atom stereocenters. The molecule has 1 aromatic carbocycles. The van der Waals surface area contributed by atoms with Crippen LogP contribution in [0.3, 0.4) is 0 Å². The monoisotopic (exact) mass is 374 g/mol. The third-order valence-electron chi connectivity index (χ3n) is 4.74. The lowest BCUT2D eigenvalue weighted by atomic mass is 10.0. The first-order valence-electron chi connectivity index (χ1n) is 9.55. The Hall–Kier alpha value is -2.41. The summed E-state index contributed by atoms with van der Waals surface area (Å²) < 4.78 is 0. The van der Waals surface area contributed by atoms with E-state index in [0.717, 1.165) is 12.8 Å². The first-order chi connectivity index (χ1) is 12.9. The minimum absolute atomic E-state index is 0.0679. The van der Waals surface area contributed by atoms with Gasteiger partial charge in [-0.2, -0.15) is 0 Å². The lowest BCUT2D eigenvalue weighted by Crippen LogP contribution is -2.53. The maximum absolute atomic E-state index is 12.3. The van der Waals surface area contributed by atoms with Gasteiger partial charge < -0.3 is 10.6 Å². The van der Waals surface area contributed by atoms with E-state index >= 15 is 0 Å². The van der Waals surface area contributed by atoms with Crippen molar-refractivity contribution in [1.82, 2.24) is 20.9 Å². The van der Waals surface area contributed by atoms with E-state index in [1.165, 1.54) is 0 Å². The second kappa shape index (κ2) is 10.1. The highest BCUT2D eigenvalue weighted by atomic mass is 16.2. The van der Waals surface area contributed by atoms with E-state index in [4.69, 9.17) is 0 Å². The summed E-state index contributed by atoms with van der Waals surface area (Å²) in [6, 6.07) is 8.40. The standard InChI is InChI=1S/C20H30N4O3/c1-14(2)13-21-20(27)23-18(25)15(3)24-11-9-17(10-12-24)22-19(26)16-7-5-4-6-8-16/h4-8,14-15,17H,9-13H2,1-3H3,(H,22,26)(H2,21,23,25,27). The summed E-state index contributed by atoms with van der Waals surface area (Å²) in [5.41, 5.74) is 0.653. The molecule has 1 aliphatic heterocycles. The summed E-state index contributed by atoms with van der Waals surface area (Å²) in [4.78, 5) is 38.3. The summed E-state index contributed by atoms with van der Waals surface area (Å²) in [6.45, 7) is 7.70. The number of urea groups is 1. The summed E-state index contributed by atoms with van der Waals surface area (Å²) >= 11 is 0. The van der Waals surface area contributed by atoms with Gasteiger partial charge in [-0.1, -0.05) is 32.0 Å². The van der Waals surface area contributed by atoms with Gasteiger partial charge >= 0.3 is 6.03 Å². The van der Waals surface area contributed by atoms with Gasteiger partial charge in [-0.15, -0.1) is 0 Å². The van der Waals surface area contributed by atoms with E-state index in [-0.39, 0.29) is 23.9 Å². The number of benzene rings is 1. The van der Waals surface area contributed by atoms with Crippen LogP contribution in [0.15, 0.2) is 30.3 Å². The van der Waals surface area contributed by atoms with Gasteiger partial charge in [0.25, 0.3) is 5.91 Å². The third-order valence-corrected chi connectivity index (χ3v) is 4.74. The van der Waals surface area contributed by atoms with Crippen LogP contribution in [0.4, 0.5) is 4.79 Å². The first-order valence-corrected chi connectivity index (χ1v) is 9.55. The van der Waals surface area contributed by atoms with E-state index in [0.29, 0.717) is 31.1 Å². The van der Waals surface area contributed by atoms with Crippen LogP contribution in [0, 0.1) is 5.92 Å². The minimum Gasteiger partial charge on any atom is -0.349 e. The molecule has 1 saturated heterocycles. The summed E-state index contributed by atoms with van der Waals surface area (Å²) in [5.74, 6) is -0.0434. The molecule has 7 heteroatoms. The number of carbonyl (C=O) groups excluding carboxylic acids is 3. The zero-order valence-corrected chi connectivity index (χ0v) is 16.3. The number of nitrogens with zero attached hydrogens (tertiary/aromatic N) is 1. The fourth-order valence-corrected chi connectivity index (χ4v) is 3.01. The molecule has 1 heterocycles. The second-order valence-electron chi connectivity index (χ2n) is 7.42. The number of hydrogen-bond acceptors (Lipinski definition) is 4. The van der Waals surface area contributed by atoms with Crippen molar-refractivity contribution in [2.75, 3.05) is 19.6 Å². The number of nitrogens with one attached hydrogen (secondary N) is 3. The van der Waals surface area contributed by atoms with Crippen LogP contribution < -0.4 is 16.0 Å². The number of piperidine rings is 1. The molecule has 1 fully saturated rings. The van der Waals surface area contributed by atoms with Crippen LogP contribution in [0.5, 0.6) is 0 Å². The van der Waals surface area contributed by atoms with Crippen molar-refractivity contribution in [3.05, 3.63) is 35.9 Å². The molecule has 7 nitrogen and oxygen atoms in total. The summed E-state index contributed by atoms with van der Waals surface area (Å²) in [5, 5.41) is 8.13. The molecule has 0 saturated carbocycles. The van der Waals surface area contributed by atoms with E-state index in [2.05, 4.69) is 16.0 Å². The Kier molecular flexibility index (Phi) is 7.79. The van der Waals surface area contributed by atoms with Crippen molar-refractivity contribution in [2.24, 2.45) is 5.92 Å². The Bertz CT molecular complexity index is 640. The Labute approximate surface area is 160 Å². The van der Waals surface area contributed by atoms with Crippen LogP contribution >= 0.6 is 0 Å². The molecule has 1 aromatic rings. The normalized spacial score (nSPS) is 16.6. The van der Waals surface area contributed by atoms with Crippen LogP contribution in [0.1, 0.15) is 44.0 Å². The zero-order valence-electron chi connectivity index (χ0n) is 16.3. The van der Waals surface area contributed by atoms with Crippen LogP contribution in [-0.4, -0.2) is 54.5 Å². The van der Waals surface area contributed by atoms with Gasteiger partial charge in [-0.05, 0) is 37.8 Å². The topological polar surface area (TPSA) is 90.5 Å². The maximum Gasteiger partial charge on any atom is 0.321 e. The van der Waals surface area contributed by atoms with Crippen LogP contribution in [0.25, 0.3) is 0 Å². The molecule has 0 radical (unpaired) electrons. The molecular weight excluding hydrogens is 344 g/mol. The molecule has 0 aliphatic carbocycles. The zero-order chi connectivity index (χ0) is 19.8. The Morgan fingerprint density at radius 3 is 2.30 bits per heavy atom. The predicted molar refractivity (Wildman–Crippen MR) is 104 cm³/mol. The van der Waals surface area contributed by atoms with Crippen molar-refractivity contribution >= 4 is 17.8 Å². The van der Waals surface area contributed by atoms with Crippen molar-refractivity contribution in [3.8, 4) is 0 Å². The van der Waals surface area contributed by atoms with Gasteiger partial charge in [0.2, 0.25) is 5.91 Å². The lowest BCUT2D eigenvalue weighted by Gasteiger charge is -2.35. The average Bonchev–Trinajstić information content (AvgIpc) is 2.67. The lowest BCUT2D eigenvalue weighted by molar-refractivity contribution is -0.125. The average molecular weight is 374 g/mol. The first kappa shape index (κ1) is 20.9. The fourth-order valence-electron chi connectivity index (χ4n) is 3.01. The Balaban J connectivity index is 1.75. The van der Waals surface area contributed by atoms with Crippen molar-refractivity contribution in [2.45, 2.75) is 45.7 Å². The third kappa shape index (κ3) is 6.67. The largest absolute Gasteiger partial charge is 0.349 e. The molecule has 2 rings (SSSR count). The summed E-state index contributed by atoms with van der Waals surface area (Å²) in [7, 11) is 0. The molecule has 1 aliphatic rings. The van der Waals surface area contributed by atoms with E-state index in [9.17, 15) is 14.4 Å². The molecule has 0 aromatic heterocycles. The molecule has 0 bridgehead atoms. The molecule has 4 amide bonds. The molecule has 0 spiro atoms. The quantitative estimate of drug-likeness (QED) is 0.708. The van der Waals surface area contributed by atoms with Crippen molar-refractivity contribution in [1.29, 1.82) is 0 Å². The number of hydrogen-bond donors (Lipinski definition) is 3. The molecular formula is C20H30N4O3. The van der Waals surface area contributed by atoms with Crippen molar-refractivity contribution in [3.63, 3.8) is 0 Å². The molecule has 3 N–H and O–H groups in total. The van der Waals surface area contributed by atoms with Gasteiger partial charge in [0, 0.05) is 31.2 Å². The Morgan fingerprint density at radius 2 is 1.70 bits per heavy atom. The predicted octanol–water partition coefficient (Wildman–Crippen LogP) is 1.75. The van der Waals surface area contributed by atoms with E-state index < -0.39 is 6.03 Å². The highest BCUT2D eigenvalue weighted by Gasteiger charge is 2.28. The van der Waals surface area contributed by atoms with Crippen LogP contribution in [0.2, 0.25) is 0 Å². The molecule has 148 valence electrons. The molecule has 27 heavy (non-hydrogen) atoms. The highest BCUT2D eigenvalue weighted by molar-refractivity contribution is 5.96. The van der Waals surface area contributed by atoms with Gasteiger partial charge in [0.05, 0.1) is 6.04 Å². The summed E-state index contributed by atoms with van der Waals surface area (Å²) in [6.07, 6.45) is 1.55. The smallest absolute Gasteiger partial charge is 0.321 e. The van der Waals surface area contributed by atoms with Gasteiger partial charge in [-0.25, -0.2) is 4.79 Å². The minimum atomic E-state index is -0.453. The number of carbonyl (C=O) groups is 3. The SMILES string of the molecule is CC(C)CNC(=O)NC(=O)C(C)N1CCC(NC(=O)c2ccccc2)CC1. The van der Waals surface area contributed by atoms with E-state index in [1.807, 2.05) is 36.9 Å². The number of amides is 4. The number of imide groups is 1. The highest BCUT2D eigenvalue weighted by Crippen LogP contribution is 2.14. The number of likely N-dealkylation sites (tertiary alicyclic amines) is 1.